The number of rotatable bonds is 8. The van der Waals surface area contributed by atoms with Gasteiger partial charge in [0.25, 0.3) is 11.7 Å². The van der Waals surface area contributed by atoms with Gasteiger partial charge >= 0.3 is 0 Å². The van der Waals surface area contributed by atoms with Crippen molar-refractivity contribution in [3.8, 4) is 11.5 Å². The van der Waals surface area contributed by atoms with Crippen molar-refractivity contribution in [1.82, 2.24) is 9.80 Å². The van der Waals surface area contributed by atoms with E-state index in [1.54, 1.807) is 24.3 Å². The molecule has 1 atom stereocenters. The Hall–Kier alpha value is -3.32. The number of nitrogens with zero attached hydrogens (tertiary/aromatic N) is 2. The number of phenols is 1. The number of likely N-dealkylation sites (N-methyl/N-ethyl adjacent to an activating group) is 1. The largest absolute Gasteiger partial charge is 0.508 e. The highest BCUT2D eigenvalue weighted by Crippen LogP contribution is 2.40. The van der Waals surface area contributed by atoms with Crippen LogP contribution in [0.25, 0.3) is 5.76 Å². The lowest BCUT2D eigenvalue weighted by Gasteiger charge is -2.26. The van der Waals surface area contributed by atoms with Gasteiger partial charge in [0.15, 0.2) is 0 Å². The molecule has 1 heterocycles. The molecule has 1 aliphatic rings. The van der Waals surface area contributed by atoms with Crippen molar-refractivity contribution < 1.29 is 24.5 Å². The van der Waals surface area contributed by atoms with Gasteiger partial charge in [-0.05, 0) is 68.4 Å². The maximum Gasteiger partial charge on any atom is 0.295 e. The Morgan fingerprint density at radius 1 is 1.12 bits per heavy atom. The molecule has 176 valence electrons. The van der Waals surface area contributed by atoms with Gasteiger partial charge in [0.2, 0.25) is 0 Å². The van der Waals surface area contributed by atoms with Crippen LogP contribution in [-0.2, 0) is 9.59 Å². The van der Waals surface area contributed by atoms with Crippen LogP contribution in [0.1, 0.15) is 36.6 Å². The molecule has 1 saturated heterocycles. The molecule has 1 aliphatic heterocycles. The molecule has 7 nitrogen and oxygen atoms in total. The first-order chi connectivity index (χ1) is 15.6. The molecule has 2 N–H and O–H groups in total. The molecule has 0 saturated carbocycles. The Morgan fingerprint density at radius 3 is 2.36 bits per heavy atom. The standard InChI is InChI=1S/C26H32N2O5/c1-16(2)15-33-20-10-11-21(17(3)14-20)24(30)22-23(18-6-8-19(29)9-7-18)28(13-12-27(4)5)26(32)25(22)31/h6-11,14,16,23,29-30H,12-13,15H2,1-5H3/b24-22+. The van der Waals surface area contributed by atoms with Crippen molar-refractivity contribution in [3.63, 3.8) is 0 Å². The van der Waals surface area contributed by atoms with Gasteiger partial charge in [-0.2, -0.15) is 0 Å². The highest BCUT2D eigenvalue weighted by Gasteiger charge is 2.46. The minimum absolute atomic E-state index is 0.0448. The Labute approximate surface area is 194 Å². The molecule has 2 aromatic carbocycles. The first-order valence-electron chi connectivity index (χ1n) is 11.1. The quantitative estimate of drug-likeness (QED) is 0.360. The van der Waals surface area contributed by atoms with Gasteiger partial charge in [-0.15, -0.1) is 0 Å². The fraction of sp³-hybridized carbons (Fsp3) is 0.385. The molecule has 0 radical (unpaired) electrons. The number of aliphatic hydroxyl groups excluding tert-OH is 1. The van der Waals surface area contributed by atoms with Crippen LogP contribution in [-0.4, -0.2) is 65.5 Å². The lowest BCUT2D eigenvalue weighted by molar-refractivity contribution is -0.140. The SMILES string of the molecule is Cc1cc(OCC(C)C)ccc1/C(O)=C1\C(=O)C(=O)N(CCN(C)C)C1c1ccc(O)cc1. The Morgan fingerprint density at radius 2 is 1.79 bits per heavy atom. The Balaban J connectivity index is 2.07. The molecule has 0 bridgehead atoms. The van der Waals surface area contributed by atoms with Crippen molar-refractivity contribution in [2.75, 3.05) is 33.8 Å². The second kappa shape index (κ2) is 10.1. The molecule has 0 aromatic heterocycles. The molecule has 1 unspecified atom stereocenters. The van der Waals surface area contributed by atoms with Crippen molar-refractivity contribution >= 4 is 17.4 Å². The summed E-state index contributed by atoms with van der Waals surface area (Å²) in [4.78, 5) is 29.4. The van der Waals surface area contributed by atoms with E-state index >= 15 is 0 Å². The number of carbonyl (C=O) groups is 2. The van der Waals surface area contributed by atoms with Crippen LogP contribution < -0.4 is 4.74 Å². The number of aromatic hydroxyl groups is 1. The first-order valence-corrected chi connectivity index (χ1v) is 11.1. The average molecular weight is 453 g/mol. The monoisotopic (exact) mass is 452 g/mol. The van der Waals surface area contributed by atoms with Crippen molar-refractivity contribution in [1.29, 1.82) is 0 Å². The summed E-state index contributed by atoms with van der Waals surface area (Å²) in [7, 11) is 3.77. The van der Waals surface area contributed by atoms with E-state index < -0.39 is 17.7 Å². The summed E-state index contributed by atoms with van der Waals surface area (Å²) in [6, 6.07) is 10.9. The van der Waals surface area contributed by atoms with E-state index in [2.05, 4.69) is 13.8 Å². The van der Waals surface area contributed by atoms with Crippen molar-refractivity contribution in [2.24, 2.45) is 5.92 Å². The topological polar surface area (TPSA) is 90.3 Å². The third kappa shape index (κ3) is 5.37. The fourth-order valence-electron chi connectivity index (χ4n) is 3.82. The molecule has 0 spiro atoms. The number of hydrogen-bond acceptors (Lipinski definition) is 6. The molecule has 1 amide bonds. The highest BCUT2D eigenvalue weighted by atomic mass is 16.5. The fourth-order valence-corrected chi connectivity index (χ4v) is 3.82. The maximum absolute atomic E-state index is 13.1. The van der Waals surface area contributed by atoms with Crippen LogP contribution in [0.2, 0.25) is 0 Å². The maximum atomic E-state index is 13.1. The summed E-state index contributed by atoms with van der Waals surface area (Å²) >= 11 is 0. The lowest BCUT2D eigenvalue weighted by atomic mass is 9.94. The number of benzene rings is 2. The van der Waals surface area contributed by atoms with Gasteiger partial charge < -0.3 is 24.7 Å². The second-order valence-corrected chi connectivity index (χ2v) is 9.07. The zero-order valence-electron chi connectivity index (χ0n) is 19.8. The van der Waals surface area contributed by atoms with Crippen LogP contribution in [0.4, 0.5) is 0 Å². The summed E-state index contributed by atoms with van der Waals surface area (Å²) < 4.78 is 5.76. The van der Waals surface area contributed by atoms with Crippen molar-refractivity contribution in [3.05, 3.63) is 64.7 Å². The minimum Gasteiger partial charge on any atom is -0.508 e. The third-order valence-electron chi connectivity index (χ3n) is 5.57. The minimum atomic E-state index is -0.748. The Kier molecular flexibility index (Phi) is 7.43. The van der Waals surface area contributed by atoms with Gasteiger partial charge in [-0.25, -0.2) is 0 Å². The molecular weight excluding hydrogens is 420 g/mol. The molecule has 7 heteroatoms. The number of ketones is 1. The number of likely N-dealkylation sites (tertiary alicyclic amines) is 1. The number of aliphatic hydroxyl groups is 1. The molecule has 33 heavy (non-hydrogen) atoms. The summed E-state index contributed by atoms with van der Waals surface area (Å²) in [5, 5.41) is 21.0. The van der Waals surface area contributed by atoms with Gasteiger partial charge in [0.05, 0.1) is 18.2 Å². The van der Waals surface area contributed by atoms with E-state index in [1.165, 1.54) is 17.0 Å². The molecule has 3 rings (SSSR count). The van der Waals surface area contributed by atoms with Crippen LogP contribution in [0.3, 0.4) is 0 Å². The summed E-state index contributed by atoms with van der Waals surface area (Å²) in [5.74, 6) is -0.445. The third-order valence-corrected chi connectivity index (χ3v) is 5.57. The number of Topliss-reactive ketones (excluding diaryl/α,β-unsaturated/α-hetero) is 1. The van der Waals surface area contributed by atoms with E-state index in [9.17, 15) is 19.8 Å². The predicted molar refractivity (Wildman–Crippen MR) is 127 cm³/mol. The number of phenolic OH excluding ortho intramolecular Hbond substituents is 1. The number of aryl methyl sites for hydroxylation is 1. The van der Waals surface area contributed by atoms with E-state index in [-0.39, 0.29) is 17.1 Å². The number of ether oxygens (including phenoxy) is 1. The van der Waals surface area contributed by atoms with E-state index in [0.717, 1.165) is 5.56 Å². The summed E-state index contributed by atoms with van der Waals surface area (Å²) in [6.07, 6.45) is 0. The Bertz CT molecular complexity index is 1060. The van der Waals surface area contributed by atoms with Gasteiger partial charge in [0.1, 0.15) is 17.3 Å². The first kappa shape index (κ1) is 24.3. The molecule has 2 aromatic rings. The highest BCUT2D eigenvalue weighted by molar-refractivity contribution is 6.46. The zero-order chi connectivity index (χ0) is 24.3. The lowest BCUT2D eigenvalue weighted by Crippen LogP contribution is -2.35. The van der Waals surface area contributed by atoms with Crippen LogP contribution in [0.15, 0.2) is 48.0 Å². The van der Waals surface area contributed by atoms with Gasteiger partial charge in [0, 0.05) is 18.7 Å². The summed E-state index contributed by atoms with van der Waals surface area (Å²) in [5.41, 5.74) is 1.89. The average Bonchev–Trinajstić information content (AvgIpc) is 3.01. The van der Waals surface area contributed by atoms with Crippen molar-refractivity contribution in [2.45, 2.75) is 26.8 Å². The molecule has 1 fully saturated rings. The smallest absolute Gasteiger partial charge is 0.295 e. The summed E-state index contributed by atoms with van der Waals surface area (Å²) in [6.45, 7) is 7.40. The molecular formula is C26H32N2O5. The van der Waals surface area contributed by atoms with Gasteiger partial charge in [-0.1, -0.05) is 26.0 Å². The van der Waals surface area contributed by atoms with Crippen LogP contribution in [0, 0.1) is 12.8 Å². The number of hydrogen-bond donors (Lipinski definition) is 2. The number of carbonyl (C=O) groups excluding carboxylic acids is 2. The van der Waals surface area contributed by atoms with Crippen LogP contribution >= 0.6 is 0 Å². The van der Waals surface area contributed by atoms with E-state index in [4.69, 9.17) is 4.74 Å². The van der Waals surface area contributed by atoms with E-state index in [1.807, 2.05) is 32.0 Å². The van der Waals surface area contributed by atoms with E-state index in [0.29, 0.717) is 42.5 Å². The predicted octanol–water partition coefficient (Wildman–Crippen LogP) is 3.72. The molecule has 0 aliphatic carbocycles. The second-order valence-electron chi connectivity index (χ2n) is 9.07. The number of amides is 1. The normalized spacial score (nSPS) is 17.9. The zero-order valence-corrected chi connectivity index (χ0v) is 19.8. The van der Waals surface area contributed by atoms with Crippen LogP contribution in [0.5, 0.6) is 11.5 Å². The van der Waals surface area contributed by atoms with Gasteiger partial charge in [-0.3, -0.25) is 9.59 Å².